The van der Waals surface area contributed by atoms with E-state index in [0.29, 0.717) is 0 Å². The van der Waals surface area contributed by atoms with Gasteiger partial charge in [-0.1, -0.05) is 0 Å². The van der Waals surface area contributed by atoms with Crippen molar-refractivity contribution in [1.82, 2.24) is 10.3 Å². The van der Waals surface area contributed by atoms with E-state index in [1.54, 1.807) is 0 Å². The Bertz CT molecular complexity index is 498. The molecule has 2 heterocycles. The second kappa shape index (κ2) is 6.15. The summed E-state index contributed by atoms with van der Waals surface area (Å²) in [4.78, 5) is 3.84. The molecule has 0 aromatic carbocycles. The van der Waals surface area contributed by atoms with Gasteiger partial charge in [0.25, 0.3) is 12.3 Å². The fourth-order valence-corrected chi connectivity index (χ4v) is 2.41. The Kier molecular flexibility index (Phi) is 4.67. The maximum Gasteiger partial charge on any atom is 0.257 e. The van der Waals surface area contributed by atoms with Crippen molar-refractivity contribution in [2.45, 2.75) is 30.7 Å². The Morgan fingerprint density at radius 2 is 2.19 bits per heavy atom. The molecule has 0 aliphatic carbocycles. The molecule has 0 bridgehead atoms. The topological polar surface area (TPSA) is 60.2 Å². The van der Waals surface area contributed by atoms with Crippen LogP contribution in [0.2, 0.25) is 0 Å². The summed E-state index contributed by atoms with van der Waals surface area (Å²) in [7, 11) is 1.26. The second-order valence-electron chi connectivity index (χ2n) is 5.00. The summed E-state index contributed by atoms with van der Waals surface area (Å²) in [5, 5.41) is 2.87. The Hall–Kier alpha value is -1.41. The van der Waals surface area contributed by atoms with Crippen molar-refractivity contribution in [3.05, 3.63) is 23.4 Å². The first kappa shape index (κ1) is 16.0. The number of pyridine rings is 1. The van der Waals surface area contributed by atoms with E-state index in [2.05, 4.69) is 10.3 Å². The summed E-state index contributed by atoms with van der Waals surface area (Å²) in [6, 6.07) is -0.383. The highest BCUT2D eigenvalue weighted by molar-refractivity contribution is 5.35. The van der Waals surface area contributed by atoms with Gasteiger partial charge in [0, 0.05) is 31.3 Å². The standard InChI is InChI=1S/C13H17F4N3O/c1-21-12-8(10(18)11(14)15)4-7(5-20-12)9-6-19-3-2-13(9,16)17/h4-5,9-11,19H,2-3,6,18H2,1H3. The molecule has 1 aromatic rings. The Balaban J connectivity index is 2.39. The van der Waals surface area contributed by atoms with E-state index in [9.17, 15) is 17.6 Å². The van der Waals surface area contributed by atoms with Crippen molar-refractivity contribution in [3.8, 4) is 5.88 Å². The Morgan fingerprint density at radius 1 is 1.48 bits per heavy atom. The summed E-state index contributed by atoms with van der Waals surface area (Å²) in [5.41, 5.74) is 5.52. The van der Waals surface area contributed by atoms with Gasteiger partial charge in [-0.05, 0) is 11.6 Å². The fraction of sp³-hybridized carbons (Fsp3) is 0.615. The summed E-state index contributed by atoms with van der Waals surface area (Å²) < 4.78 is 58.4. The van der Waals surface area contributed by atoms with Crippen molar-refractivity contribution >= 4 is 0 Å². The Labute approximate surface area is 119 Å². The number of methoxy groups -OCH3 is 1. The minimum Gasteiger partial charge on any atom is -0.481 e. The first-order valence-electron chi connectivity index (χ1n) is 6.53. The molecule has 118 valence electrons. The van der Waals surface area contributed by atoms with Crippen LogP contribution in [0.5, 0.6) is 5.88 Å². The van der Waals surface area contributed by atoms with Gasteiger partial charge in [0.1, 0.15) is 0 Å². The fourth-order valence-electron chi connectivity index (χ4n) is 2.41. The minimum absolute atomic E-state index is 0.0599. The predicted molar refractivity (Wildman–Crippen MR) is 68.9 cm³/mol. The molecule has 0 amide bonds. The number of aromatic nitrogens is 1. The maximum atomic E-state index is 13.9. The monoisotopic (exact) mass is 307 g/mol. The van der Waals surface area contributed by atoms with Crippen molar-refractivity contribution < 1.29 is 22.3 Å². The number of ether oxygens (including phenoxy) is 1. The lowest BCUT2D eigenvalue weighted by Gasteiger charge is -2.32. The van der Waals surface area contributed by atoms with Gasteiger partial charge in [0.15, 0.2) is 0 Å². The molecule has 0 radical (unpaired) electrons. The summed E-state index contributed by atoms with van der Waals surface area (Å²) in [6.45, 7) is 0.279. The third-order valence-electron chi connectivity index (χ3n) is 3.62. The van der Waals surface area contributed by atoms with Gasteiger partial charge in [-0.25, -0.2) is 22.5 Å². The van der Waals surface area contributed by atoms with Crippen LogP contribution in [0.15, 0.2) is 12.3 Å². The van der Waals surface area contributed by atoms with Gasteiger partial charge in [-0.15, -0.1) is 0 Å². The van der Waals surface area contributed by atoms with Crippen LogP contribution in [0.4, 0.5) is 17.6 Å². The van der Waals surface area contributed by atoms with E-state index in [0.717, 1.165) is 0 Å². The quantitative estimate of drug-likeness (QED) is 0.836. The molecule has 1 aliphatic rings. The number of nitrogens with zero attached hydrogens (tertiary/aromatic N) is 1. The number of piperidine rings is 1. The van der Waals surface area contributed by atoms with Crippen molar-refractivity contribution in [3.63, 3.8) is 0 Å². The third kappa shape index (κ3) is 3.26. The van der Waals surface area contributed by atoms with Gasteiger partial charge in [0.2, 0.25) is 5.88 Å². The molecule has 2 rings (SSSR count). The molecule has 4 nitrogen and oxygen atoms in total. The van der Waals surface area contributed by atoms with Crippen LogP contribution in [0.1, 0.15) is 29.5 Å². The van der Waals surface area contributed by atoms with E-state index in [1.807, 2.05) is 0 Å². The van der Waals surface area contributed by atoms with Gasteiger partial charge in [-0.2, -0.15) is 0 Å². The van der Waals surface area contributed by atoms with Crippen LogP contribution in [-0.2, 0) is 0 Å². The number of nitrogens with two attached hydrogens (primary N) is 1. The van der Waals surface area contributed by atoms with Gasteiger partial charge >= 0.3 is 0 Å². The molecule has 1 aromatic heterocycles. The molecule has 2 atom stereocenters. The number of alkyl halides is 4. The lowest BCUT2D eigenvalue weighted by atomic mass is 9.88. The molecular weight excluding hydrogens is 290 g/mol. The number of rotatable bonds is 4. The highest BCUT2D eigenvalue weighted by Crippen LogP contribution is 2.39. The third-order valence-corrected chi connectivity index (χ3v) is 3.62. The first-order chi connectivity index (χ1) is 9.86. The van der Waals surface area contributed by atoms with Crippen molar-refractivity contribution in [1.29, 1.82) is 0 Å². The zero-order valence-corrected chi connectivity index (χ0v) is 11.5. The van der Waals surface area contributed by atoms with Crippen LogP contribution < -0.4 is 15.8 Å². The molecular formula is C13H17F4N3O. The highest BCUT2D eigenvalue weighted by atomic mass is 19.3. The van der Waals surface area contributed by atoms with Crippen molar-refractivity contribution in [2.75, 3.05) is 20.2 Å². The van der Waals surface area contributed by atoms with E-state index in [-0.39, 0.29) is 36.5 Å². The Morgan fingerprint density at radius 3 is 2.76 bits per heavy atom. The number of nitrogens with one attached hydrogen (secondary N) is 1. The summed E-state index contributed by atoms with van der Waals surface area (Å²) >= 11 is 0. The zero-order valence-electron chi connectivity index (χ0n) is 11.5. The van der Waals surface area contributed by atoms with E-state index >= 15 is 0 Å². The smallest absolute Gasteiger partial charge is 0.257 e. The van der Waals surface area contributed by atoms with Crippen LogP contribution in [0.25, 0.3) is 0 Å². The molecule has 21 heavy (non-hydrogen) atoms. The largest absolute Gasteiger partial charge is 0.481 e. The first-order valence-corrected chi connectivity index (χ1v) is 6.53. The van der Waals surface area contributed by atoms with Gasteiger partial charge < -0.3 is 15.8 Å². The molecule has 3 N–H and O–H groups in total. The molecule has 1 aliphatic heterocycles. The summed E-state index contributed by atoms with van der Waals surface area (Å²) in [6.07, 6.45) is -1.91. The number of halogens is 4. The van der Waals surface area contributed by atoms with E-state index < -0.39 is 24.3 Å². The molecule has 8 heteroatoms. The van der Waals surface area contributed by atoms with Crippen LogP contribution in [0.3, 0.4) is 0 Å². The van der Waals surface area contributed by atoms with Crippen molar-refractivity contribution in [2.24, 2.45) is 5.73 Å². The van der Waals surface area contributed by atoms with Crippen LogP contribution >= 0.6 is 0 Å². The van der Waals surface area contributed by atoms with Crippen LogP contribution in [0, 0.1) is 0 Å². The molecule has 0 saturated carbocycles. The summed E-state index contributed by atoms with van der Waals surface area (Å²) in [5.74, 6) is -4.10. The van der Waals surface area contributed by atoms with Crippen LogP contribution in [-0.4, -0.2) is 37.5 Å². The lowest BCUT2D eigenvalue weighted by Crippen LogP contribution is -2.43. The van der Waals surface area contributed by atoms with Gasteiger partial charge in [0.05, 0.1) is 19.1 Å². The average molecular weight is 307 g/mol. The zero-order chi connectivity index (χ0) is 15.6. The molecule has 2 unspecified atom stereocenters. The predicted octanol–water partition coefficient (Wildman–Crippen LogP) is 2.07. The lowest BCUT2D eigenvalue weighted by molar-refractivity contribution is -0.0480. The number of hydrogen-bond acceptors (Lipinski definition) is 4. The van der Waals surface area contributed by atoms with E-state index in [4.69, 9.17) is 10.5 Å². The second-order valence-corrected chi connectivity index (χ2v) is 5.00. The highest BCUT2D eigenvalue weighted by Gasteiger charge is 2.43. The normalized spacial score (nSPS) is 23.1. The molecule has 0 spiro atoms. The van der Waals surface area contributed by atoms with E-state index in [1.165, 1.54) is 19.4 Å². The average Bonchev–Trinajstić information content (AvgIpc) is 2.45. The molecule has 1 fully saturated rings. The minimum atomic E-state index is -2.91. The maximum absolute atomic E-state index is 13.9. The van der Waals surface area contributed by atoms with Gasteiger partial charge in [-0.3, -0.25) is 0 Å². The SMILES string of the molecule is COc1ncc(C2CNCCC2(F)F)cc1C(N)C(F)F. The molecule has 1 saturated heterocycles. The number of hydrogen-bond donors (Lipinski definition) is 2.